The van der Waals surface area contributed by atoms with Crippen LogP contribution in [0.5, 0.6) is 5.75 Å². The minimum absolute atomic E-state index is 0.155. The minimum Gasteiger partial charge on any atom is -0.496 e. The lowest BCUT2D eigenvalue weighted by Gasteiger charge is -2.11. The van der Waals surface area contributed by atoms with E-state index in [1.807, 2.05) is 18.2 Å². The molecule has 0 aromatic heterocycles. The third-order valence-corrected chi connectivity index (χ3v) is 6.63. The van der Waals surface area contributed by atoms with Crippen molar-refractivity contribution in [1.29, 1.82) is 0 Å². The number of rotatable bonds is 4. The number of primary sulfonamides is 1. The van der Waals surface area contributed by atoms with Crippen LogP contribution in [0.2, 0.25) is 0 Å². The van der Waals surface area contributed by atoms with Crippen molar-refractivity contribution in [2.45, 2.75) is 37.5 Å². The highest BCUT2D eigenvalue weighted by Gasteiger charge is 2.48. The lowest BCUT2D eigenvalue weighted by molar-refractivity contribution is 0.411. The lowest BCUT2D eigenvalue weighted by atomic mass is 9.96. The number of nitrogens with two attached hydrogens (primary N) is 1. The van der Waals surface area contributed by atoms with E-state index in [9.17, 15) is 8.42 Å². The molecule has 4 nitrogen and oxygen atoms in total. The summed E-state index contributed by atoms with van der Waals surface area (Å²) in [4.78, 5) is 0.155. The fraction of sp³-hybridized carbons (Fsp3) is 0.333. The third-order valence-electron chi connectivity index (χ3n) is 5.70. The largest absolute Gasteiger partial charge is 0.496 e. The van der Waals surface area contributed by atoms with E-state index in [1.165, 1.54) is 29.6 Å². The number of aryl methyl sites for hydroxylation is 1. The zero-order chi connectivity index (χ0) is 18.5. The Morgan fingerprint density at radius 1 is 0.962 bits per heavy atom. The molecule has 1 fully saturated rings. The summed E-state index contributed by atoms with van der Waals surface area (Å²) < 4.78 is 28.4. The standard InChI is InChI=1S/C21H23NO3S/c1-14-11-16(5-8-20(14)25-2)19-13-21(9-10-21)12-18(19)15-3-6-17(7-4-15)26(22,23)24/h3-8,11H,9-10,12-13H2,1-2H3,(H2,22,23,24). The van der Waals surface area contributed by atoms with Gasteiger partial charge in [-0.25, -0.2) is 13.6 Å². The van der Waals surface area contributed by atoms with Gasteiger partial charge in [-0.3, -0.25) is 0 Å². The Labute approximate surface area is 154 Å². The average Bonchev–Trinajstić information content (AvgIpc) is 3.25. The molecular formula is C21H23NO3S. The second-order valence-corrected chi connectivity index (χ2v) is 9.13. The maximum Gasteiger partial charge on any atom is 0.238 e. The maximum atomic E-state index is 11.5. The summed E-state index contributed by atoms with van der Waals surface area (Å²) in [5.41, 5.74) is 6.56. The Balaban J connectivity index is 1.78. The molecule has 0 amide bonds. The van der Waals surface area contributed by atoms with E-state index in [4.69, 9.17) is 9.88 Å². The molecule has 1 spiro atoms. The minimum atomic E-state index is -3.66. The van der Waals surface area contributed by atoms with Crippen LogP contribution in [0, 0.1) is 12.3 Å². The van der Waals surface area contributed by atoms with Crippen molar-refractivity contribution < 1.29 is 13.2 Å². The van der Waals surface area contributed by atoms with Crippen LogP contribution in [-0.2, 0) is 10.0 Å². The first-order valence-electron chi connectivity index (χ1n) is 8.82. The van der Waals surface area contributed by atoms with Gasteiger partial charge in [-0.1, -0.05) is 18.2 Å². The highest BCUT2D eigenvalue weighted by Crippen LogP contribution is 2.63. The van der Waals surface area contributed by atoms with E-state index in [1.54, 1.807) is 19.2 Å². The predicted octanol–water partition coefficient (Wildman–Crippen LogP) is 4.14. The normalized spacial score (nSPS) is 18.4. The van der Waals surface area contributed by atoms with E-state index >= 15 is 0 Å². The van der Waals surface area contributed by atoms with Gasteiger partial charge in [0, 0.05) is 0 Å². The van der Waals surface area contributed by atoms with Crippen LogP contribution in [0.15, 0.2) is 47.4 Å². The van der Waals surface area contributed by atoms with Gasteiger partial charge < -0.3 is 4.74 Å². The van der Waals surface area contributed by atoms with Crippen LogP contribution in [0.3, 0.4) is 0 Å². The van der Waals surface area contributed by atoms with E-state index in [0.29, 0.717) is 5.41 Å². The van der Waals surface area contributed by atoms with Gasteiger partial charge in [0.2, 0.25) is 10.0 Å². The topological polar surface area (TPSA) is 69.4 Å². The van der Waals surface area contributed by atoms with Crippen LogP contribution >= 0.6 is 0 Å². The number of ether oxygens (including phenoxy) is 1. The van der Waals surface area contributed by atoms with Crippen LogP contribution in [0.1, 0.15) is 42.4 Å². The molecule has 0 bridgehead atoms. The van der Waals surface area contributed by atoms with Crippen LogP contribution < -0.4 is 9.88 Å². The molecular weight excluding hydrogens is 346 g/mol. The van der Waals surface area contributed by atoms with Crippen molar-refractivity contribution in [2.24, 2.45) is 10.6 Å². The van der Waals surface area contributed by atoms with E-state index < -0.39 is 10.0 Å². The van der Waals surface area contributed by atoms with Crippen molar-refractivity contribution >= 4 is 21.2 Å². The molecule has 5 heteroatoms. The van der Waals surface area contributed by atoms with Gasteiger partial charge in [-0.2, -0.15) is 0 Å². The van der Waals surface area contributed by atoms with Gasteiger partial charge in [-0.15, -0.1) is 0 Å². The van der Waals surface area contributed by atoms with Gasteiger partial charge in [0.15, 0.2) is 0 Å². The zero-order valence-electron chi connectivity index (χ0n) is 15.1. The molecule has 2 aliphatic rings. The number of sulfonamides is 1. The molecule has 0 atom stereocenters. The summed E-state index contributed by atoms with van der Waals surface area (Å²) in [6.07, 6.45) is 4.68. The number of methoxy groups -OCH3 is 1. The Morgan fingerprint density at radius 2 is 1.54 bits per heavy atom. The first kappa shape index (κ1) is 17.3. The van der Waals surface area contributed by atoms with Gasteiger partial charge in [0.1, 0.15) is 5.75 Å². The van der Waals surface area contributed by atoms with Crippen molar-refractivity contribution in [3.8, 4) is 5.75 Å². The summed E-state index contributed by atoms with van der Waals surface area (Å²) in [6.45, 7) is 2.06. The molecule has 0 saturated heterocycles. The fourth-order valence-electron chi connectivity index (χ4n) is 4.02. The molecule has 4 rings (SSSR count). The predicted molar refractivity (Wildman–Crippen MR) is 103 cm³/mol. The second kappa shape index (κ2) is 5.96. The number of allylic oxidation sites excluding steroid dienone is 2. The molecule has 2 aliphatic carbocycles. The third kappa shape index (κ3) is 3.06. The van der Waals surface area contributed by atoms with Gasteiger partial charge in [-0.05, 0) is 90.1 Å². The summed E-state index contributed by atoms with van der Waals surface area (Å²) in [5, 5.41) is 5.22. The smallest absolute Gasteiger partial charge is 0.238 e. The molecule has 2 N–H and O–H groups in total. The number of hydrogen-bond donors (Lipinski definition) is 1. The van der Waals surface area contributed by atoms with Crippen molar-refractivity contribution in [3.63, 3.8) is 0 Å². The molecule has 136 valence electrons. The number of hydrogen-bond acceptors (Lipinski definition) is 3. The van der Waals surface area contributed by atoms with Crippen LogP contribution in [0.4, 0.5) is 0 Å². The van der Waals surface area contributed by atoms with E-state index in [0.717, 1.165) is 29.7 Å². The van der Waals surface area contributed by atoms with Gasteiger partial charge in [0.05, 0.1) is 12.0 Å². The zero-order valence-corrected chi connectivity index (χ0v) is 15.9. The summed E-state index contributed by atoms with van der Waals surface area (Å²) in [6, 6.07) is 13.3. The molecule has 2 aromatic rings. The van der Waals surface area contributed by atoms with E-state index in [2.05, 4.69) is 19.1 Å². The Hall–Kier alpha value is -2.11. The molecule has 2 aromatic carbocycles. The molecule has 0 aliphatic heterocycles. The summed E-state index contributed by atoms with van der Waals surface area (Å²) in [7, 11) is -1.97. The number of benzene rings is 2. The Bertz CT molecular complexity index is 1000. The van der Waals surface area contributed by atoms with Crippen molar-refractivity contribution in [3.05, 3.63) is 59.2 Å². The quantitative estimate of drug-likeness (QED) is 0.881. The first-order chi connectivity index (χ1) is 12.3. The summed E-state index contributed by atoms with van der Waals surface area (Å²) >= 11 is 0. The Morgan fingerprint density at radius 3 is 2.04 bits per heavy atom. The molecule has 0 unspecified atom stereocenters. The van der Waals surface area contributed by atoms with Gasteiger partial charge >= 0.3 is 0 Å². The SMILES string of the molecule is COc1ccc(C2=C(c3ccc(S(N)(=O)=O)cc3)CC3(CC3)C2)cc1C. The first-order valence-corrected chi connectivity index (χ1v) is 10.4. The monoisotopic (exact) mass is 369 g/mol. The highest BCUT2D eigenvalue weighted by molar-refractivity contribution is 7.89. The second-order valence-electron chi connectivity index (χ2n) is 7.56. The highest BCUT2D eigenvalue weighted by atomic mass is 32.2. The van der Waals surface area contributed by atoms with Crippen LogP contribution in [0.25, 0.3) is 11.1 Å². The van der Waals surface area contributed by atoms with E-state index in [-0.39, 0.29) is 4.90 Å². The Kier molecular flexibility index (Phi) is 3.97. The molecule has 26 heavy (non-hydrogen) atoms. The van der Waals surface area contributed by atoms with Gasteiger partial charge in [0.25, 0.3) is 0 Å². The molecule has 1 saturated carbocycles. The molecule has 0 radical (unpaired) electrons. The van der Waals surface area contributed by atoms with Crippen molar-refractivity contribution in [2.75, 3.05) is 7.11 Å². The maximum absolute atomic E-state index is 11.5. The molecule has 0 heterocycles. The van der Waals surface area contributed by atoms with Crippen LogP contribution in [-0.4, -0.2) is 15.5 Å². The summed E-state index contributed by atoms with van der Waals surface area (Å²) in [5.74, 6) is 0.896. The average molecular weight is 369 g/mol. The van der Waals surface area contributed by atoms with Crippen molar-refractivity contribution in [1.82, 2.24) is 0 Å². The fourth-order valence-corrected chi connectivity index (χ4v) is 4.54. The lowest BCUT2D eigenvalue weighted by Crippen LogP contribution is -2.11.